The van der Waals surface area contributed by atoms with Crippen molar-refractivity contribution in [2.75, 3.05) is 23.8 Å². The Morgan fingerprint density at radius 2 is 1.97 bits per heavy atom. The van der Waals surface area contributed by atoms with Gasteiger partial charge in [0, 0.05) is 30.7 Å². The minimum absolute atomic E-state index is 0.0219. The molecule has 2 aliphatic rings. The Kier molecular flexibility index (Phi) is 6.50. The van der Waals surface area contributed by atoms with E-state index >= 15 is 0 Å². The van der Waals surface area contributed by atoms with Crippen molar-refractivity contribution >= 4 is 34.7 Å². The summed E-state index contributed by atoms with van der Waals surface area (Å²) in [5.74, 6) is -0.630. The van der Waals surface area contributed by atoms with Crippen molar-refractivity contribution in [3.05, 3.63) is 36.0 Å². The number of amides is 1. The van der Waals surface area contributed by atoms with Crippen LogP contribution >= 0.6 is 0 Å². The molecule has 2 fully saturated rings. The first-order valence-electron chi connectivity index (χ1n) is 12.0. The number of anilines is 3. The molecule has 0 spiro atoms. The fourth-order valence-electron chi connectivity index (χ4n) is 4.98. The topological polar surface area (TPSA) is 120 Å². The Balaban J connectivity index is 1.50. The van der Waals surface area contributed by atoms with Crippen LogP contribution in [0.25, 0.3) is 11.2 Å². The summed E-state index contributed by atoms with van der Waals surface area (Å²) in [5, 5.41) is 6.43. The van der Waals surface area contributed by atoms with Crippen LogP contribution in [-0.4, -0.2) is 44.7 Å². The number of aromatic nitrogens is 4. The number of imidazole rings is 1. The lowest BCUT2D eigenvalue weighted by Crippen LogP contribution is -2.36. The van der Waals surface area contributed by atoms with Gasteiger partial charge in [-0.3, -0.25) is 9.36 Å². The van der Waals surface area contributed by atoms with Gasteiger partial charge in [-0.05, 0) is 50.2 Å². The molecule has 1 aromatic carbocycles. The Hall–Kier alpha value is -3.34. The summed E-state index contributed by atoms with van der Waals surface area (Å²) in [6.45, 7) is 3.48. The Morgan fingerprint density at radius 3 is 2.69 bits per heavy atom. The SMILES string of the molecule is CC1COCCC1Nc1ncc2nc(Nc3ccc(F)cc3F)n([C@H]3CC[C@H](C(N)=O)CC3)c2n1. The molecule has 2 unspecified atom stereocenters. The predicted molar refractivity (Wildman–Crippen MR) is 127 cm³/mol. The molecule has 3 aromatic rings. The maximum atomic E-state index is 14.4. The van der Waals surface area contributed by atoms with Gasteiger partial charge in [0.1, 0.15) is 17.2 Å². The van der Waals surface area contributed by atoms with Crippen molar-refractivity contribution < 1.29 is 18.3 Å². The highest BCUT2D eigenvalue weighted by atomic mass is 19.1. The number of carbonyl (C=O) groups excluding carboxylic acids is 1. The zero-order chi connectivity index (χ0) is 24.5. The molecule has 11 heteroatoms. The summed E-state index contributed by atoms with van der Waals surface area (Å²) < 4.78 is 35.3. The highest BCUT2D eigenvalue weighted by Crippen LogP contribution is 2.37. The quantitative estimate of drug-likeness (QED) is 0.484. The van der Waals surface area contributed by atoms with Crippen LogP contribution in [0.1, 0.15) is 45.1 Å². The monoisotopic (exact) mass is 485 g/mol. The number of fused-ring (bicyclic) bond motifs is 1. The number of nitrogens with one attached hydrogen (secondary N) is 2. The largest absolute Gasteiger partial charge is 0.381 e. The first kappa shape index (κ1) is 23.4. The van der Waals surface area contributed by atoms with Crippen molar-refractivity contribution in [2.45, 2.75) is 51.1 Å². The van der Waals surface area contributed by atoms with Gasteiger partial charge in [0.05, 0.1) is 18.5 Å². The van der Waals surface area contributed by atoms with Gasteiger partial charge in [0.2, 0.25) is 17.8 Å². The van der Waals surface area contributed by atoms with Gasteiger partial charge < -0.3 is 21.1 Å². The van der Waals surface area contributed by atoms with Crippen LogP contribution in [0.4, 0.5) is 26.4 Å². The molecule has 1 aliphatic heterocycles. The lowest BCUT2D eigenvalue weighted by atomic mass is 9.85. The molecular formula is C24H29F2N7O2. The molecule has 186 valence electrons. The van der Waals surface area contributed by atoms with Crippen molar-refractivity contribution in [1.82, 2.24) is 19.5 Å². The zero-order valence-electron chi connectivity index (χ0n) is 19.5. The molecule has 0 bridgehead atoms. The van der Waals surface area contributed by atoms with Crippen molar-refractivity contribution in [3.8, 4) is 0 Å². The van der Waals surface area contributed by atoms with E-state index < -0.39 is 11.6 Å². The number of hydrogen-bond donors (Lipinski definition) is 3. The van der Waals surface area contributed by atoms with Crippen LogP contribution < -0.4 is 16.4 Å². The number of rotatable bonds is 6. The first-order chi connectivity index (χ1) is 16.9. The minimum Gasteiger partial charge on any atom is -0.381 e. The molecule has 1 amide bonds. The van der Waals surface area contributed by atoms with E-state index in [1.165, 1.54) is 12.1 Å². The summed E-state index contributed by atoms with van der Waals surface area (Å²) in [6.07, 6.45) is 5.20. The molecule has 3 heterocycles. The Labute approximate surface area is 201 Å². The van der Waals surface area contributed by atoms with E-state index in [-0.39, 0.29) is 29.6 Å². The number of hydrogen-bond acceptors (Lipinski definition) is 7. The maximum absolute atomic E-state index is 14.4. The average Bonchev–Trinajstić information content (AvgIpc) is 3.19. The van der Waals surface area contributed by atoms with Gasteiger partial charge in [-0.1, -0.05) is 6.92 Å². The fraction of sp³-hybridized carbons (Fsp3) is 0.500. The second-order valence-electron chi connectivity index (χ2n) is 9.46. The number of benzene rings is 1. The van der Waals surface area contributed by atoms with Crippen LogP contribution in [0.3, 0.4) is 0 Å². The van der Waals surface area contributed by atoms with Gasteiger partial charge in [0.15, 0.2) is 5.65 Å². The van der Waals surface area contributed by atoms with E-state index in [1.807, 2.05) is 4.57 Å². The molecule has 4 N–H and O–H groups in total. The Morgan fingerprint density at radius 1 is 1.17 bits per heavy atom. The smallest absolute Gasteiger partial charge is 0.224 e. The first-order valence-corrected chi connectivity index (χ1v) is 12.0. The van der Waals surface area contributed by atoms with E-state index in [0.717, 1.165) is 12.5 Å². The van der Waals surface area contributed by atoms with Crippen molar-refractivity contribution in [1.29, 1.82) is 0 Å². The van der Waals surface area contributed by atoms with Crippen LogP contribution in [0, 0.1) is 23.5 Å². The number of primary amides is 1. The molecule has 1 aliphatic carbocycles. The fourth-order valence-corrected chi connectivity index (χ4v) is 4.98. The van der Waals surface area contributed by atoms with Crippen LogP contribution in [0.5, 0.6) is 0 Å². The summed E-state index contributed by atoms with van der Waals surface area (Å²) in [6, 6.07) is 3.52. The normalized spacial score (nSPS) is 24.9. The summed E-state index contributed by atoms with van der Waals surface area (Å²) in [7, 11) is 0. The third kappa shape index (κ3) is 4.90. The molecule has 1 saturated carbocycles. The second kappa shape index (κ2) is 9.73. The molecule has 0 radical (unpaired) electrons. The molecule has 9 nitrogen and oxygen atoms in total. The zero-order valence-corrected chi connectivity index (χ0v) is 19.5. The molecule has 2 aromatic heterocycles. The average molecular weight is 486 g/mol. The third-order valence-corrected chi connectivity index (χ3v) is 7.03. The highest BCUT2D eigenvalue weighted by molar-refractivity contribution is 5.78. The Bertz CT molecular complexity index is 1230. The van der Waals surface area contributed by atoms with E-state index in [2.05, 4.69) is 27.5 Å². The van der Waals surface area contributed by atoms with Gasteiger partial charge >= 0.3 is 0 Å². The third-order valence-electron chi connectivity index (χ3n) is 7.03. The highest BCUT2D eigenvalue weighted by Gasteiger charge is 2.30. The second-order valence-corrected chi connectivity index (χ2v) is 9.46. The number of nitrogens with zero attached hydrogens (tertiary/aromatic N) is 4. The lowest BCUT2D eigenvalue weighted by Gasteiger charge is -2.30. The van der Waals surface area contributed by atoms with Gasteiger partial charge in [-0.15, -0.1) is 0 Å². The molecule has 5 rings (SSSR count). The standard InChI is InChI=1S/C24H29F2N7O2/c1-13-12-35-9-8-18(13)29-23-28-11-20-22(32-23)33(16-5-2-14(3-6-16)21(27)34)24(31-20)30-19-7-4-15(25)10-17(19)26/h4,7,10-11,13-14,16,18H,2-3,5-6,8-9,12H2,1H3,(H2,27,34)(H,30,31)(H,28,29,32)/t13?,14-,16-,18?. The maximum Gasteiger partial charge on any atom is 0.224 e. The molecule has 2 atom stereocenters. The van der Waals surface area contributed by atoms with E-state index in [4.69, 9.17) is 15.5 Å². The van der Waals surface area contributed by atoms with E-state index in [1.54, 1.807) is 6.20 Å². The number of nitrogens with two attached hydrogens (primary N) is 1. The molecule has 35 heavy (non-hydrogen) atoms. The number of halogens is 2. The van der Waals surface area contributed by atoms with E-state index in [9.17, 15) is 13.6 Å². The number of ether oxygens (including phenoxy) is 1. The summed E-state index contributed by atoms with van der Waals surface area (Å²) in [4.78, 5) is 25.5. The minimum atomic E-state index is -0.719. The van der Waals surface area contributed by atoms with Crippen LogP contribution in [0.15, 0.2) is 24.4 Å². The lowest BCUT2D eigenvalue weighted by molar-refractivity contribution is -0.122. The van der Waals surface area contributed by atoms with Crippen LogP contribution in [0.2, 0.25) is 0 Å². The van der Waals surface area contributed by atoms with Crippen molar-refractivity contribution in [3.63, 3.8) is 0 Å². The molecule has 1 saturated heterocycles. The molecular weight excluding hydrogens is 456 g/mol. The van der Waals surface area contributed by atoms with Crippen molar-refractivity contribution in [2.24, 2.45) is 17.6 Å². The number of carbonyl (C=O) groups is 1. The van der Waals surface area contributed by atoms with Crippen LogP contribution in [-0.2, 0) is 9.53 Å². The summed E-state index contributed by atoms with van der Waals surface area (Å²) in [5.41, 5.74) is 6.79. The van der Waals surface area contributed by atoms with Gasteiger partial charge in [-0.2, -0.15) is 4.98 Å². The van der Waals surface area contributed by atoms with Gasteiger partial charge in [-0.25, -0.2) is 18.7 Å². The van der Waals surface area contributed by atoms with E-state index in [0.29, 0.717) is 67.9 Å². The summed E-state index contributed by atoms with van der Waals surface area (Å²) >= 11 is 0. The predicted octanol–water partition coefficient (Wildman–Crippen LogP) is 3.90. The van der Waals surface area contributed by atoms with Gasteiger partial charge in [0.25, 0.3) is 0 Å².